The third-order valence-corrected chi connectivity index (χ3v) is 12.0. The van der Waals surface area contributed by atoms with E-state index in [1.165, 1.54) is 90.6 Å². The Morgan fingerprint density at radius 3 is 2.39 bits per heavy atom. The molecule has 1 saturated carbocycles. The van der Waals surface area contributed by atoms with Gasteiger partial charge in [-0.3, -0.25) is 0 Å². The molecule has 4 heterocycles. The zero-order valence-electron chi connectivity index (χ0n) is 26.8. The number of aromatic nitrogens is 3. The van der Waals surface area contributed by atoms with Crippen molar-refractivity contribution in [2.75, 3.05) is 0 Å². The Morgan fingerprint density at radius 2 is 1.45 bits per heavy atom. The molecular weight excluding hydrogens is 619 g/mol. The molecule has 0 amide bonds. The highest BCUT2D eigenvalue weighted by atomic mass is 32.1. The van der Waals surface area contributed by atoms with Gasteiger partial charge in [-0.2, -0.15) is 0 Å². The van der Waals surface area contributed by atoms with Gasteiger partial charge in [0, 0.05) is 48.1 Å². The molecule has 10 aromatic rings. The summed E-state index contributed by atoms with van der Waals surface area (Å²) in [4.78, 5) is 9.90. The maximum Gasteiger partial charge on any atom is 0.246 e. The van der Waals surface area contributed by atoms with E-state index in [1.54, 1.807) is 0 Å². The first-order valence-corrected chi connectivity index (χ1v) is 18.2. The average Bonchev–Trinajstić information content (AvgIpc) is 3.84. The first-order valence-electron chi connectivity index (χ1n) is 17.3. The van der Waals surface area contributed by atoms with E-state index in [4.69, 9.17) is 14.4 Å². The lowest BCUT2D eigenvalue weighted by atomic mass is 9.95. The van der Waals surface area contributed by atoms with Gasteiger partial charge in [-0.15, -0.1) is 11.3 Å². The molecule has 4 aromatic heterocycles. The third-order valence-electron chi connectivity index (χ3n) is 10.8. The second-order valence-corrected chi connectivity index (χ2v) is 14.6. The van der Waals surface area contributed by atoms with Crippen molar-refractivity contribution in [2.45, 2.75) is 38.1 Å². The summed E-state index contributed by atoms with van der Waals surface area (Å²) in [6.07, 6.45) is 8.35. The monoisotopic (exact) mass is 649 g/mol. The van der Waals surface area contributed by atoms with Crippen LogP contribution in [-0.2, 0) is 0 Å². The van der Waals surface area contributed by atoms with Gasteiger partial charge in [0.25, 0.3) is 0 Å². The maximum atomic E-state index is 6.26. The van der Waals surface area contributed by atoms with E-state index in [9.17, 15) is 0 Å². The van der Waals surface area contributed by atoms with E-state index >= 15 is 0 Å². The number of nitrogens with zero attached hydrogens (tertiary/aromatic N) is 3. The topological polar surface area (TPSA) is 43.9 Å². The first kappa shape index (κ1) is 27.4. The molecule has 1 fully saturated rings. The average molecular weight is 650 g/mol. The number of rotatable bonds is 3. The fourth-order valence-corrected chi connectivity index (χ4v) is 9.78. The van der Waals surface area contributed by atoms with Crippen molar-refractivity contribution >= 4 is 86.3 Å². The zero-order valence-corrected chi connectivity index (χ0v) is 27.6. The minimum Gasteiger partial charge on any atom is -0.436 e. The van der Waals surface area contributed by atoms with E-state index < -0.39 is 0 Å². The SMILES string of the molecule is c1cc(-c2ccc3c(c2)c2c4sc5ccccc5c4ccc2n3C2CCCCC2)cc(-c2cnc3c(n2)oc2ccc4ccccc4c23)c1. The largest absolute Gasteiger partial charge is 0.436 e. The Morgan fingerprint density at radius 1 is 0.633 bits per heavy atom. The van der Waals surface area contributed by atoms with Gasteiger partial charge >= 0.3 is 0 Å². The van der Waals surface area contributed by atoms with E-state index in [1.807, 2.05) is 23.6 Å². The van der Waals surface area contributed by atoms with Gasteiger partial charge in [-0.1, -0.05) is 98.1 Å². The quantitative estimate of drug-likeness (QED) is 0.191. The highest BCUT2D eigenvalue weighted by Crippen LogP contribution is 2.46. The van der Waals surface area contributed by atoms with Gasteiger partial charge in [-0.25, -0.2) is 9.97 Å². The Hall–Kier alpha value is -5.52. The summed E-state index contributed by atoms with van der Waals surface area (Å²) in [5.74, 6) is 0. The number of fused-ring (bicyclic) bond motifs is 12. The lowest BCUT2D eigenvalue weighted by molar-refractivity contribution is 0.367. The van der Waals surface area contributed by atoms with E-state index in [0.717, 1.165) is 33.1 Å². The summed E-state index contributed by atoms with van der Waals surface area (Å²) >= 11 is 1.93. The van der Waals surface area contributed by atoms with Crippen LogP contribution >= 0.6 is 11.3 Å². The second-order valence-electron chi connectivity index (χ2n) is 13.6. The Bertz CT molecular complexity index is 2940. The Kier molecular flexibility index (Phi) is 5.87. The van der Waals surface area contributed by atoms with Crippen LogP contribution in [0.3, 0.4) is 0 Å². The van der Waals surface area contributed by atoms with Crippen LogP contribution in [0.5, 0.6) is 0 Å². The molecule has 234 valence electrons. The molecule has 6 aromatic carbocycles. The molecule has 0 atom stereocenters. The van der Waals surface area contributed by atoms with Crippen LogP contribution in [0.15, 0.2) is 126 Å². The van der Waals surface area contributed by atoms with Crippen molar-refractivity contribution < 1.29 is 4.42 Å². The summed E-state index contributed by atoms with van der Waals surface area (Å²) in [7, 11) is 0. The second kappa shape index (κ2) is 10.5. The van der Waals surface area contributed by atoms with Gasteiger partial charge in [0.2, 0.25) is 5.71 Å². The zero-order chi connectivity index (χ0) is 32.1. The molecule has 0 radical (unpaired) electrons. The van der Waals surface area contributed by atoms with E-state index in [2.05, 4.69) is 114 Å². The lowest BCUT2D eigenvalue weighted by Gasteiger charge is -2.25. The van der Waals surface area contributed by atoms with Gasteiger partial charge in [0.15, 0.2) is 0 Å². The number of hydrogen-bond acceptors (Lipinski definition) is 4. The molecule has 0 N–H and O–H groups in total. The predicted octanol–water partition coefficient (Wildman–Crippen LogP) is 12.8. The van der Waals surface area contributed by atoms with Crippen molar-refractivity contribution in [3.05, 3.63) is 121 Å². The van der Waals surface area contributed by atoms with Crippen molar-refractivity contribution in [2.24, 2.45) is 0 Å². The summed E-state index contributed by atoms with van der Waals surface area (Å²) in [6, 6.07) is 42.4. The molecule has 4 nitrogen and oxygen atoms in total. The molecule has 49 heavy (non-hydrogen) atoms. The normalized spacial score (nSPS) is 14.4. The molecule has 11 rings (SSSR count). The molecule has 0 saturated heterocycles. The fourth-order valence-electron chi connectivity index (χ4n) is 8.52. The standard InChI is InChI=1S/C44H31N3OS/c1-2-12-30(13-3-1)47-36-20-17-28(24-34(36)40-37(47)21-19-33-32-15-6-7-16-39(32)49-43(33)40)27-10-8-11-29(23-27)35-25-45-42-41-31-14-5-4-9-26(31)18-22-38(41)48-44(42)46-35/h4-11,14-25,30H,1-3,12-13H2. The van der Waals surface area contributed by atoms with Crippen molar-refractivity contribution in [1.82, 2.24) is 14.5 Å². The van der Waals surface area contributed by atoms with Crippen LogP contribution in [0.4, 0.5) is 0 Å². The van der Waals surface area contributed by atoms with Crippen LogP contribution in [-0.4, -0.2) is 14.5 Å². The van der Waals surface area contributed by atoms with Crippen molar-refractivity contribution in [3.63, 3.8) is 0 Å². The van der Waals surface area contributed by atoms with Gasteiger partial charge in [0.1, 0.15) is 11.1 Å². The highest BCUT2D eigenvalue weighted by molar-refractivity contribution is 7.26. The van der Waals surface area contributed by atoms with Crippen molar-refractivity contribution in [3.8, 4) is 22.4 Å². The van der Waals surface area contributed by atoms with Crippen LogP contribution in [0.2, 0.25) is 0 Å². The van der Waals surface area contributed by atoms with Gasteiger partial charge in [-0.05, 0) is 71.1 Å². The third kappa shape index (κ3) is 4.09. The summed E-state index contributed by atoms with van der Waals surface area (Å²) in [5.41, 5.74) is 9.10. The number of thiophene rings is 1. The van der Waals surface area contributed by atoms with Gasteiger partial charge in [0.05, 0.1) is 22.8 Å². The van der Waals surface area contributed by atoms with E-state index in [0.29, 0.717) is 11.8 Å². The molecule has 0 spiro atoms. The maximum absolute atomic E-state index is 6.26. The molecule has 0 aliphatic heterocycles. The smallest absolute Gasteiger partial charge is 0.246 e. The molecule has 0 unspecified atom stereocenters. The minimum absolute atomic E-state index is 0.541. The molecular formula is C44H31N3OS. The van der Waals surface area contributed by atoms with Crippen LogP contribution < -0.4 is 0 Å². The van der Waals surface area contributed by atoms with Crippen LogP contribution in [0.25, 0.3) is 97.3 Å². The number of benzene rings is 6. The summed E-state index contributed by atoms with van der Waals surface area (Å²) in [5, 5.41) is 8.77. The Labute approximate surface area is 286 Å². The minimum atomic E-state index is 0.541. The number of hydrogen-bond donors (Lipinski definition) is 0. The summed E-state index contributed by atoms with van der Waals surface area (Å²) < 4.78 is 11.7. The molecule has 1 aliphatic carbocycles. The summed E-state index contributed by atoms with van der Waals surface area (Å²) in [6.45, 7) is 0. The van der Waals surface area contributed by atoms with Crippen LogP contribution in [0, 0.1) is 0 Å². The van der Waals surface area contributed by atoms with Crippen LogP contribution in [0.1, 0.15) is 38.1 Å². The van der Waals surface area contributed by atoms with Gasteiger partial charge < -0.3 is 8.98 Å². The molecule has 1 aliphatic rings. The predicted molar refractivity (Wildman–Crippen MR) is 206 cm³/mol. The Balaban J connectivity index is 1.08. The first-order chi connectivity index (χ1) is 24.3. The molecule has 5 heteroatoms. The van der Waals surface area contributed by atoms with Crippen molar-refractivity contribution in [1.29, 1.82) is 0 Å². The fraction of sp³-hybridized carbons (Fsp3) is 0.136. The highest BCUT2D eigenvalue weighted by Gasteiger charge is 2.23. The molecule has 0 bridgehead atoms. The lowest BCUT2D eigenvalue weighted by Crippen LogP contribution is -2.12. The van der Waals surface area contributed by atoms with E-state index in [-0.39, 0.29) is 0 Å². The number of furan rings is 1.